The van der Waals surface area contributed by atoms with Crippen molar-refractivity contribution in [3.8, 4) is 0 Å². The van der Waals surface area contributed by atoms with Gasteiger partial charge < -0.3 is 5.32 Å². The van der Waals surface area contributed by atoms with Gasteiger partial charge in [-0.25, -0.2) is 9.97 Å². The molecule has 3 heterocycles. The smallest absolute Gasteiger partial charge is 0.259 e. The van der Waals surface area contributed by atoms with E-state index in [2.05, 4.69) is 31.2 Å². The maximum absolute atomic E-state index is 12.2. The van der Waals surface area contributed by atoms with Crippen molar-refractivity contribution in [1.82, 2.24) is 19.3 Å². The molecule has 25 heavy (non-hydrogen) atoms. The van der Waals surface area contributed by atoms with Gasteiger partial charge in [0, 0.05) is 34.4 Å². The number of aryl methyl sites for hydroxylation is 1. The largest absolute Gasteiger partial charge is 0.310 e. The molecule has 0 radical (unpaired) electrons. The first-order valence-corrected chi connectivity index (χ1v) is 9.16. The Bertz CT molecular complexity index is 967. The number of halogens is 1. The van der Waals surface area contributed by atoms with Crippen molar-refractivity contribution in [2.75, 3.05) is 18.9 Å². The number of anilines is 1. The zero-order chi connectivity index (χ0) is 18.0. The lowest BCUT2D eigenvalue weighted by molar-refractivity contribution is -0.117. The van der Waals surface area contributed by atoms with E-state index in [0.717, 1.165) is 10.2 Å². The summed E-state index contributed by atoms with van der Waals surface area (Å²) in [6.07, 6.45) is 1.62. The van der Waals surface area contributed by atoms with Crippen LogP contribution >= 0.6 is 27.3 Å². The van der Waals surface area contributed by atoms with Crippen LogP contribution in [0, 0.1) is 6.92 Å². The molecule has 3 aromatic rings. The third-order valence-electron chi connectivity index (χ3n) is 3.47. The van der Waals surface area contributed by atoms with Crippen LogP contribution in [0.2, 0.25) is 0 Å². The molecule has 0 fully saturated rings. The molecular weight excluding hydrogens is 406 g/mol. The molecule has 0 saturated carbocycles. The molecule has 0 unspecified atom stereocenters. The van der Waals surface area contributed by atoms with Crippen molar-refractivity contribution in [3.63, 3.8) is 0 Å². The van der Waals surface area contributed by atoms with Crippen LogP contribution in [-0.2, 0) is 11.3 Å². The summed E-state index contributed by atoms with van der Waals surface area (Å²) in [6.45, 7) is 2.45. The average Bonchev–Trinajstić information content (AvgIpc) is 2.91. The van der Waals surface area contributed by atoms with Crippen LogP contribution < -0.4 is 10.9 Å². The highest BCUT2D eigenvalue weighted by Crippen LogP contribution is 2.12. The van der Waals surface area contributed by atoms with Gasteiger partial charge in [0.2, 0.25) is 5.91 Å². The van der Waals surface area contributed by atoms with E-state index in [9.17, 15) is 9.59 Å². The van der Waals surface area contributed by atoms with Gasteiger partial charge in [-0.05, 0) is 42.0 Å². The van der Waals surface area contributed by atoms with Crippen molar-refractivity contribution < 1.29 is 4.79 Å². The van der Waals surface area contributed by atoms with Crippen molar-refractivity contribution in [3.05, 3.63) is 56.0 Å². The molecule has 0 spiro atoms. The predicted molar refractivity (Wildman–Crippen MR) is 101 cm³/mol. The number of thiazole rings is 1. The van der Waals surface area contributed by atoms with Gasteiger partial charge in [-0.3, -0.25) is 18.9 Å². The van der Waals surface area contributed by atoms with E-state index < -0.39 is 0 Å². The Morgan fingerprint density at radius 2 is 2.24 bits per heavy atom. The summed E-state index contributed by atoms with van der Waals surface area (Å²) < 4.78 is 2.43. The molecule has 7 nitrogen and oxygen atoms in total. The molecule has 1 amide bonds. The van der Waals surface area contributed by atoms with Crippen molar-refractivity contribution in [2.24, 2.45) is 0 Å². The average molecular weight is 422 g/mol. The Morgan fingerprint density at radius 1 is 1.44 bits per heavy atom. The molecule has 9 heteroatoms. The lowest BCUT2D eigenvalue weighted by Crippen LogP contribution is -2.31. The maximum Gasteiger partial charge on any atom is 0.259 e. The van der Waals surface area contributed by atoms with Crippen LogP contribution in [0.15, 0.2) is 39.0 Å². The number of aromatic nitrogens is 3. The summed E-state index contributed by atoms with van der Waals surface area (Å²) in [5, 5.41) is 4.63. The molecule has 0 bridgehead atoms. The predicted octanol–water partition coefficient (Wildman–Crippen LogP) is 2.29. The van der Waals surface area contributed by atoms with Gasteiger partial charge in [-0.1, -0.05) is 0 Å². The van der Waals surface area contributed by atoms with E-state index in [-0.39, 0.29) is 18.0 Å². The monoisotopic (exact) mass is 421 g/mol. The molecular formula is C16H16BrN5O2S. The first-order chi connectivity index (χ1) is 11.9. The van der Waals surface area contributed by atoms with Crippen LogP contribution in [0.5, 0.6) is 0 Å². The van der Waals surface area contributed by atoms with E-state index in [4.69, 9.17) is 0 Å². The number of carbonyl (C=O) groups excluding carboxylic acids is 1. The number of hydrogen-bond donors (Lipinski definition) is 1. The first kappa shape index (κ1) is 17.7. The molecule has 0 aliphatic heterocycles. The molecule has 3 aromatic heterocycles. The van der Waals surface area contributed by atoms with Crippen LogP contribution in [0.4, 0.5) is 5.82 Å². The van der Waals surface area contributed by atoms with Gasteiger partial charge in [0.1, 0.15) is 5.82 Å². The molecule has 0 aromatic carbocycles. The molecule has 3 rings (SSSR count). The highest BCUT2D eigenvalue weighted by Gasteiger charge is 2.11. The Morgan fingerprint density at radius 3 is 2.96 bits per heavy atom. The van der Waals surface area contributed by atoms with Gasteiger partial charge >= 0.3 is 0 Å². The van der Waals surface area contributed by atoms with E-state index in [0.29, 0.717) is 23.0 Å². The van der Waals surface area contributed by atoms with Crippen LogP contribution in [-0.4, -0.2) is 38.8 Å². The van der Waals surface area contributed by atoms with E-state index >= 15 is 0 Å². The lowest BCUT2D eigenvalue weighted by atomic mass is 10.3. The SMILES string of the molecule is Cc1csc2nc(CN(C)CC(=O)Nc3ccc(Br)cn3)cc(=O)n12. The van der Waals surface area contributed by atoms with Crippen molar-refractivity contribution in [2.45, 2.75) is 13.5 Å². The second-order valence-corrected chi connectivity index (χ2v) is 7.42. The molecule has 1 N–H and O–H groups in total. The second kappa shape index (κ2) is 7.42. The first-order valence-electron chi connectivity index (χ1n) is 7.49. The van der Waals surface area contributed by atoms with Gasteiger partial charge in [-0.2, -0.15) is 0 Å². The van der Waals surface area contributed by atoms with Crippen molar-refractivity contribution >= 4 is 44.0 Å². The minimum Gasteiger partial charge on any atom is -0.310 e. The van der Waals surface area contributed by atoms with E-state index in [1.165, 1.54) is 17.4 Å². The summed E-state index contributed by atoms with van der Waals surface area (Å²) in [7, 11) is 1.80. The third kappa shape index (κ3) is 4.30. The van der Waals surface area contributed by atoms with Gasteiger partial charge in [0.05, 0.1) is 12.2 Å². The number of pyridine rings is 1. The minimum absolute atomic E-state index is 0.101. The Kier molecular flexibility index (Phi) is 5.26. The fraction of sp³-hybridized carbons (Fsp3) is 0.250. The number of rotatable bonds is 5. The zero-order valence-electron chi connectivity index (χ0n) is 13.7. The third-order valence-corrected chi connectivity index (χ3v) is 4.88. The van der Waals surface area contributed by atoms with Gasteiger partial charge in [-0.15, -0.1) is 11.3 Å². The summed E-state index contributed by atoms with van der Waals surface area (Å²) in [5.74, 6) is 0.315. The standard InChI is InChI=1S/C16H16BrN5O2S/c1-10-9-25-16-19-12(5-15(24)22(10)16)7-21(2)8-14(23)20-13-4-3-11(17)6-18-13/h3-6,9H,7-8H2,1-2H3,(H,18,20,23). The molecule has 0 aliphatic carbocycles. The number of carbonyl (C=O) groups is 1. The second-order valence-electron chi connectivity index (χ2n) is 5.66. The lowest BCUT2D eigenvalue weighted by Gasteiger charge is -2.15. The number of hydrogen-bond acceptors (Lipinski definition) is 6. The Labute approximate surface area is 156 Å². The van der Waals surface area contributed by atoms with Crippen LogP contribution in [0.25, 0.3) is 4.96 Å². The topological polar surface area (TPSA) is 79.6 Å². The zero-order valence-corrected chi connectivity index (χ0v) is 16.1. The molecule has 0 atom stereocenters. The Hall–Kier alpha value is -2.10. The van der Waals surface area contributed by atoms with Crippen molar-refractivity contribution in [1.29, 1.82) is 0 Å². The van der Waals surface area contributed by atoms with Gasteiger partial charge in [0.15, 0.2) is 4.96 Å². The van der Waals surface area contributed by atoms with Crippen LogP contribution in [0.3, 0.4) is 0 Å². The van der Waals surface area contributed by atoms with Gasteiger partial charge in [0.25, 0.3) is 5.56 Å². The van der Waals surface area contributed by atoms with E-state index in [1.54, 1.807) is 28.6 Å². The molecule has 130 valence electrons. The quantitative estimate of drug-likeness (QED) is 0.683. The number of nitrogens with zero attached hydrogens (tertiary/aromatic N) is 4. The number of amides is 1. The highest BCUT2D eigenvalue weighted by molar-refractivity contribution is 9.10. The Balaban J connectivity index is 1.64. The van der Waals surface area contributed by atoms with E-state index in [1.807, 2.05) is 18.4 Å². The summed E-state index contributed by atoms with van der Waals surface area (Å²) >= 11 is 4.72. The highest BCUT2D eigenvalue weighted by atomic mass is 79.9. The minimum atomic E-state index is -0.179. The summed E-state index contributed by atoms with van der Waals surface area (Å²) in [5.41, 5.74) is 1.42. The fourth-order valence-electron chi connectivity index (χ4n) is 2.39. The molecule has 0 aliphatic rings. The normalized spacial score (nSPS) is 11.2. The number of likely N-dealkylation sites (N-methyl/N-ethyl adjacent to an activating group) is 1. The maximum atomic E-state index is 12.2. The summed E-state index contributed by atoms with van der Waals surface area (Å²) in [6, 6.07) is 5.04. The summed E-state index contributed by atoms with van der Waals surface area (Å²) in [4.78, 5) is 35.3. The van der Waals surface area contributed by atoms with Crippen LogP contribution in [0.1, 0.15) is 11.4 Å². The molecule has 0 saturated heterocycles. The number of fused-ring (bicyclic) bond motifs is 1. The number of nitrogens with one attached hydrogen (secondary N) is 1. The fourth-order valence-corrected chi connectivity index (χ4v) is 3.52.